The lowest BCUT2D eigenvalue weighted by Gasteiger charge is -2.30. The fraction of sp³-hybridized carbons (Fsp3) is 0.500. The van der Waals surface area contributed by atoms with Crippen molar-refractivity contribution in [2.24, 2.45) is 0 Å². The molecule has 2 fully saturated rings. The van der Waals surface area contributed by atoms with Gasteiger partial charge in [-0.3, -0.25) is 19.7 Å². The molecule has 138 valence electrons. The highest BCUT2D eigenvalue weighted by molar-refractivity contribution is 14.1. The number of amides is 3. The van der Waals surface area contributed by atoms with Crippen LogP contribution in [-0.2, 0) is 16.1 Å². The second-order valence-electron chi connectivity index (χ2n) is 7.11. The summed E-state index contributed by atoms with van der Waals surface area (Å²) in [6.07, 6.45) is 2.37. The summed E-state index contributed by atoms with van der Waals surface area (Å²) >= 11 is 2.29. The van der Waals surface area contributed by atoms with Gasteiger partial charge in [0.1, 0.15) is 11.9 Å². The summed E-state index contributed by atoms with van der Waals surface area (Å²) in [6.45, 7) is 2.17. The lowest BCUT2D eigenvalue weighted by atomic mass is 9.86. The predicted octanol–water partition coefficient (Wildman–Crippen LogP) is 2.12. The Morgan fingerprint density at radius 1 is 1.12 bits per heavy atom. The van der Waals surface area contributed by atoms with Gasteiger partial charge >= 0.3 is 0 Å². The first kappa shape index (κ1) is 17.8. The summed E-state index contributed by atoms with van der Waals surface area (Å²) in [7, 11) is 0. The molecular formula is C18H19FIN3O3. The van der Waals surface area contributed by atoms with Gasteiger partial charge in [0.25, 0.3) is 5.91 Å². The maximum Gasteiger partial charge on any atom is 0.255 e. The molecule has 8 heteroatoms. The Morgan fingerprint density at radius 2 is 1.85 bits per heavy atom. The van der Waals surface area contributed by atoms with Gasteiger partial charge in [0, 0.05) is 54.5 Å². The zero-order valence-electron chi connectivity index (χ0n) is 14.1. The van der Waals surface area contributed by atoms with Gasteiger partial charge in [-0.15, -0.1) is 0 Å². The molecule has 3 aliphatic rings. The van der Waals surface area contributed by atoms with Gasteiger partial charge in [0.15, 0.2) is 0 Å². The van der Waals surface area contributed by atoms with Crippen LogP contribution in [0.3, 0.4) is 0 Å². The van der Waals surface area contributed by atoms with E-state index in [0.717, 1.165) is 37.1 Å². The quantitative estimate of drug-likeness (QED) is 0.408. The number of fused-ring (bicyclic) bond motifs is 1. The number of carbonyl (C=O) groups excluding carboxylic acids is 3. The zero-order chi connectivity index (χ0) is 18.4. The average Bonchev–Trinajstić information content (AvgIpc) is 2.92. The summed E-state index contributed by atoms with van der Waals surface area (Å²) in [5.74, 6) is -1.26. The molecule has 2 saturated heterocycles. The molecule has 0 radical (unpaired) electrons. The molecular weight excluding hydrogens is 452 g/mol. The van der Waals surface area contributed by atoms with E-state index in [2.05, 4.69) is 31.3 Å². The number of imide groups is 1. The van der Waals surface area contributed by atoms with E-state index in [1.807, 2.05) is 0 Å². The van der Waals surface area contributed by atoms with Crippen LogP contribution >= 0.6 is 22.9 Å². The van der Waals surface area contributed by atoms with E-state index in [9.17, 15) is 18.8 Å². The van der Waals surface area contributed by atoms with Crippen molar-refractivity contribution in [3.63, 3.8) is 0 Å². The summed E-state index contributed by atoms with van der Waals surface area (Å²) in [5.41, 5.74) is 2.10. The lowest BCUT2D eigenvalue weighted by molar-refractivity contribution is -0.136. The van der Waals surface area contributed by atoms with Crippen molar-refractivity contribution in [1.29, 1.82) is 0 Å². The minimum absolute atomic E-state index is 0.214. The molecule has 0 bridgehead atoms. The minimum atomic E-state index is -0.667. The number of nitrogens with one attached hydrogen (secondary N) is 1. The normalized spacial score (nSPS) is 24.8. The van der Waals surface area contributed by atoms with E-state index in [0.29, 0.717) is 18.5 Å². The van der Waals surface area contributed by atoms with E-state index >= 15 is 0 Å². The molecule has 1 unspecified atom stereocenters. The number of rotatable bonds is 2. The summed E-state index contributed by atoms with van der Waals surface area (Å²) in [5, 5.41) is 2.30. The van der Waals surface area contributed by atoms with Crippen molar-refractivity contribution < 1.29 is 18.8 Å². The number of nitrogens with zero attached hydrogens (tertiary/aromatic N) is 2. The third kappa shape index (κ3) is 3.13. The topological polar surface area (TPSA) is 69.7 Å². The lowest BCUT2D eigenvalue weighted by Crippen LogP contribution is -2.52. The van der Waals surface area contributed by atoms with Crippen LogP contribution in [0.15, 0.2) is 12.1 Å². The van der Waals surface area contributed by atoms with Gasteiger partial charge in [-0.25, -0.2) is 7.50 Å². The Morgan fingerprint density at radius 3 is 2.54 bits per heavy atom. The van der Waals surface area contributed by atoms with Crippen LogP contribution in [0.5, 0.6) is 0 Å². The molecule has 1 aromatic carbocycles. The third-order valence-corrected chi connectivity index (χ3v) is 6.50. The maximum atomic E-state index is 14.2. The fourth-order valence-corrected chi connectivity index (χ4v) is 4.73. The van der Waals surface area contributed by atoms with Crippen LogP contribution in [0.2, 0.25) is 0 Å². The molecule has 3 aliphatic heterocycles. The molecule has 26 heavy (non-hydrogen) atoms. The van der Waals surface area contributed by atoms with Crippen LogP contribution in [0, 0.1) is 5.82 Å². The Balaban J connectivity index is 1.64. The molecule has 0 saturated carbocycles. The monoisotopic (exact) mass is 471 g/mol. The van der Waals surface area contributed by atoms with Gasteiger partial charge in [0.05, 0.1) is 0 Å². The highest BCUT2D eigenvalue weighted by Crippen LogP contribution is 2.38. The first-order valence-corrected chi connectivity index (χ1v) is 9.78. The molecule has 3 amide bonds. The predicted molar refractivity (Wildman–Crippen MR) is 100 cm³/mol. The van der Waals surface area contributed by atoms with E-state index in [4.69, 9.17) is 0 Å². The van der Waals surface area contributed by atoms with Crippen LogP contribution in [0.25, 0.3) is 0 Å². The van der Waals surface area contributed by atoms with E-state index < -0.39 is 17.8 Å². The van der Waals surface area contributed by atoms with E-state index in [-0.39, 0.29) is 24.2 Å². The number of hydrogen-bond donors (Lipinski definition) is 1. The second kappa shape index (κ2) is 6.88. The van der Waals surface area contributed by atoms with Crippen molar-refractivity contribution in [1.82, 2.24) is 13.3 Å². The van der Waals surface area contributed by atoms with Crippen LogP contribution in [0.1, 0.15) is 53.1 Å². The van der Waals surface area contributed by atoms with E-state index in [1.165, 1.54) is 11.0 Å². The molecule has 0 spiro atoms. The first-order chi connectivity index (χ1) is 12.4. The van der Waals surface area contributed by atoms with E-state index in [1.54, 1.807) is 6.07 Å². The first-order valence-electron chi connectivity index (χ1n) is 8.81. The van der Waals surface area contributed by atoms with Crippen LogP contribution in [-0.4, -0.2) is 44.9 Å². The molecule has 3 heterocycles. The molecule has 1 N–H and O–H groups in total. The van der Waals surface area contributed by atoms with Crippen molar-refractivity contribution in [3.8, 4) is 0 Å². The number of benzene rings is 1. The molecule has 1 aromatic rings. The smallest absolute Gasteiger partial charge is 0.255 e. The van der Waals surface area contributed by atoms with Gasteiger partial charge in [-0.1, -0.05) is 0 Å². The Kier molecular flexibility index (Phi) is 4.72. The number of piperidine rings is 2. The zero-order valence-corrected chi connectivity index (χ0v) is 16.3. The summed E-state index contributed by atoms with van der Waals surface area (Å²) < 4.78 is 16.4. The molecule has 4 rings (SSSR count). The van der Waals surface area contributed by atoms with Crippen molar-refractivity contribution in [3.05, 3.63) is 34.6 Å². The SMILES string of the molecule is O=C1CCC(N2Cc3c(cc(F)cc3C3CCN(I)CC3)C2=O)C(=O)N1. The number of hydrogen-bond acceptors (Lipinski definition) is 4. The maximum absolute atomic E-state index is 14.2. The third-order valence-electron chi connectivity index (χ3n) is 5.54. The molecule has 6 nitrogen and oxygen atoms in total. The Bertz CT molecular complexity index is 792. The minimum Gasteiger partial charge on any atom is -0.322 e. The molecule has 0 aromatic heterocycles. The standard InChI is InChI=1S/C18H19FIN3O3/c19-11-7-12(10-3-5-22(20)6-4-10)14-9-23(18(26)13(14)8-11)15-1-2-16(24)21-17(15)25/h7-8,10,15H,1-6,9H2,(H,21,24,25). The van der Waals surface area contributed by atoms with Crippen molar-refractivity contribution in [2.75, 3.05) is 13.1 Å². The fourth-order valence-electron chi connectivity index (χ4n) is 4.18. The Hall–Kier alpha value is -1.55. The summed E-state index contributed by atoms with van der Waals surface area (Å²) in [4.78, 5) is 37.9. The number of carbonyl (C=O) groups is 3. The van der Waals surface area contributed by atoms with Crippen LogP contribution in [0.4, 0.5) is 4.39 Å². The van der Waals surface area contributed by atoms with Gasteiger partial charge in [0.2, 0.25) is 11.8 Å². The van der Waals surface area contributed by atoms with Crippen molar-refractivity contribution in [2.45, 2.75) is 44.2 Å². The molecule has 1 atom stereocenters. The van der Waals surface area contributed by atoms with Crippen molar-refractivity contribution >= 4 is 40.6 Å². The van der Waals surface area contributed by atoms with Gasteiger partial charge in [-0.05, 0) is 48.4 Å². The van der Waals surface area contributed by atoms with Gasteiger partial charge in [-0.2, -0.15) is 0 Å². The highest BCUT2D eigenvalue weighted by atomic mass is 127. The number of halogens is 2. The second-order valence-corrected chi connectivity index (χ2v) is 8.47. The molecule has 0 aliphatic carbocycles. The highest BCUT2D eigenvalue weighted by Gasteiger charge is 2.41. The van der Waals surface area contributed by atoms with Gasteiger partial charge < -0.3 is 4.90 Å². The largest absolute Gasteiger partial charge is 0.322 e. The van der Waals surface area contributed by atoms with Crippen LogP contribution < -0.4 is 5.32 Å². The summed E-state index contributed by atoms with van der Waals surface area (Å²) in [6, 6.07) is 2.16. The Labute approximate surface area is 164 Å². The average molecular weight is 471 g/mol.